The number of likely N-dealkylation sites (N-methyl/N-ethyl adjacent to an activating group) is 1. The van der Waals surface area contributed by atoms with E-state index in [-0.39, 0.29) is 47.0 Å². The lowest BCUT2D eigenvalue weighted by Crippen LogP contribution is -2.71. The quantitative estimate of drug-likeness (QED) is 0.0421. The van der Waals surface area contributed by atoms with E-state index in [9.17, 15) is 42.3 Å². The van der Waals surface area contributed by atoms with Gasteiger partial charge in [-0.15, -0.1) is 27.4 Å². The van der Waals surface area contributed by atoms with Crippen LogP contribution in [0.15, 0.2) is 21.8 Å². The largest absolute Gasteiger partial charge is 0.543 e. The van der Waals surface area contributed by atoms with Crippen molar-refractivity contribution < 1.29 is 60.4 Å². The molecule has 58 heavy (non-hydrogen) atoms. The highest BCUT2D eigenvalue weighted by Gasteiger charge is 2.54. The van der Waals surface area contributed by atoms with E-state index in [4.69, 9.17) is 15.1 Å². The van der Waals surface area contributed by atoms with Gasteiger partial charge in [0.25, 0.3) is 17.7 Å². The van der Waals surface area contributed by atoms with Gasteiger partial charge < -0.3 is 40.5 Å². The van der Waals surface area contributed by atoms with Crippen LogP contribution in [0.25, 0.3) is 0 Å². The second-order valence-electron chi connectivity index (χ2n) is 14.8. The number of urea groups is 1. The number of aromatic nitrogens is 1. The first-order chi connectivity index (χ1) is 27.5. The maximum atomic E-state index is 12.9. The number of carbonyl (C=O) groups is 6. The van der Waals surface area contributed by atoms with Crippen LogP contribution in [-0.2, 0) is 43.5 Å². The summed E-state index contributed by atoms with van der Waals surface area (Å²) < 4.78 is 35.5. The first-order valence-electron chi connectivity index (χ1n) is 18.4. The van der Waals surface area contributed by atoms with Crippen LogP contribution in [0.5, 0.6) is 0 Å². The van der Waals surface area contributed by atoms with Crippen molar-refractivity contribution in [2.45, 2.75) is 62.0 Å². The zero-order valence-corrected chi connectivity index (χ0v) is 34.0. The van der Waals surface area contributed by atoms with Crippen LogP contribution >= 0.6 is 23.1 Å². The molecular weight excluding hydrogens is 827 g/mol. The fourth-order valence-corrected chi connectivity index (χ4v) is 10.2. The molecule has 0 spiro atoms. The number of aliphatic carboxylic acids is 1. The number of carbonyl (C=O) groups excluding carboxylic acids is 6. The van der Waals surface area contributed by atoms with E-state index in [0.717, 1.165) is 66.0 Å². The number of rotatable bonds is 11. The smallest absolute Gasteiger partial charge is 0.418 e. The molecule has 1 aromatic heterocycles. The average molecular weight is 872 g/mol. The molecule has 7 heterocycles. The minimum Gasteiger partial charge on any atom is -0.543 e. The molecule has 1 aromatic rings. The van der Waals surface area contributed by atoms with Gasteiger partial charge in [-0.05, 0) is 32.2 Å². The van der Waals surface area contributed by atoms with Crippen LogP contribution in [0.1, 0.15) is 44.2 Å². The Labute approximate surface area is 341 Å². The average Bonchev–Trinajstić information content (AvgIpc) is 3.88. The predicted molar refractivity (Wildman–Crippen MR) is 202 cm³/mol. The van der Waals surface area contributed by atoms with E-state index < -0.39 is 63.6 Å². The second kappa shape index (κ2) is 17.7. The molecule has 318 valence electrons. The van der Waals surface area contributed by atoms with Crippen LogP contribution in [0.4, 0.5) is 9.93 Å². The molecule has 6 aliphatic rings. The molecule has 5 saturated heterocycles. The number of carboxylic acids is 1. The third-order valence-corrected chi connectivity index (χ3v) is 13.0. The predicted octanol–water partition coefficient (Wildman–Crippen LogP) is -3.14. The number of piperidine rings is 2. The van der Waals surface area contributed by atoms with Gasteiger partial charge in [0, 0.05) is 42.6 Å². The standard InChI is InChI=1S/C19H24N6O5S2.C13H21N5O7S/c1-25(5-3-4-6-25)7-10-8-31-17-13(16(27)24(17)14(10)18(28)29)22-15(26)12(23-30-2)11-9-32-19(20)21-11;19-11(8-2-1-5-14-6-8)15-16-12(20)10-4-3-9-7-17(10)13(21)18(9)25-26(22,23)24/h9,13,17H,3-8H2,1-2H3,(H3-,20,21,22,26,28,29);8-10,14H,1-7H2,(H,15,19)(H,16,20)(H,22,23,24)/b23-12-;/t13-,17-;8-,9-,10+/m11/s1. The highest BCUT2D eigenvalue weighted by Crippen LogP contribution is 2.41. The van der Waals surface area contributed by atoms with Crippen LogP contribution in [0, 0.1) is 5.92 Å². The molecule has 0 aliphatic carbocycles. The van der Waals surface area contributed by atoms with Gasteiger partial charge in [0.2, 0.25) is 5.91 Å². The summed E-state index contributed by atoms with van der Waals surface area (Å²) in [4.78, 5) is 85.5. The number of nitrogen functional groups attached to an aromatic ring is 1. The van der Waals surface area contributed by atoms with Gasteiger partial charge >= 0.3 is 16.4 Å². The summed E-state index contributed by atoms with van der Waals surface area (Å²) in [7, 11) is -1.44. The van der Waals surface area contributed by atoms with E-state index in [0.29, 0.717) is 35.9 Å². The van der Waals surface area contributed by atoms with Gasteiger partial charge in [0.15, 0.2) is 10.8 Å². The van der Waals surface area contributed by atoms with Crippen LogP contribution in [0.3, 0.4) is 0 Å². The van der Waals surface area contributed by atoms with Crippen molar-refractivity contribution in [2.75, 3.05) is 64.9 Å². The Morgan fingerprint density at radius 2 is 1.86 bits per heavy atom. The Bertz CT molecular complexity index is 1980. The van der Waals surface area contributed by atoms with Crippen molar-refractivity contribution in [2.24, 2.45) is 11.1 Å². The van der Waals surface area contributed by atoms with Gasteiger partial charge in [0.1, 0.15) is 36.8 Å². The number of fused-ring (bicyclic) bond motifs is 3. The normalized spacial score (nSPS) is 26.6. The number of hydrogen-bond acceptors (Lipinski definition) is 17. The number of carboxylic acid groups (broad SMARTS) is 1. The molecule has 23 nitrogen and oxygen atoms in total. The number of hydroxylamine groups is 2. The molecule has 6 amide bonds. The number of nitrogens with two attached hydrogens (primary N) is 1. The number of nitrogens with one attached hydrogen (secondary N) is 4. The van der Waals surface area contributed by atoms with Gasteiger partial charge in [-0.2, -0.15) is 13.5 Å². The van der Waals surface area contributed by atoms with E-state index in [2.05, 4.69) is 43.0 Å². The fourth-order valence-electron chi connectivity index (χ4n) is 7.90. The zero-order valence-electron chi connectivity index (χ0n) is 31.6. The van der Waals surface area contributed by atoms with Crippen molar-refractivity contribution in [1.29, 1.82) is 0 Å². The Morgan fingerprint density at radius 1 is 1.14 bits per heavy atom. The van der Waals surface area contributed by atoms with Crippen molar-refractivity contribution in [1.82, 2.24) is 41.3 Å². The number of anilines is 1. The first kappa shape index (κ1) is 43.0. The third kappa shape index (κ3) is 9.47. The number of thioether (sulfide) groups is 1. The zero-order chi connectivity index (χ0) is 41.9. The topological polar surface area (TPSA) is 307 Å². The SMILES string of the molecule is CO/N=C(\C(=O)N[C@@H]1C(=O)N2C(C(=O)[O-])=C(C[N+]3(C)CCCC3)CS[C@H]12)c1csc(N)n1.O=C(NNC(=O)[C@@H]1CC[C@@H]2CN1C(=O)N2OS(=O)(=O)O)[C@@H]1CCCNC1. The first-order valence-corrected chi connectivity index (χ1v) is 21.7. The molecule has 5 atom stereocenters. The minimum atomic E-state index is -4.84. The number of oxime groups is 1. The minimum absolute atomic E-state index is 0.0615. The molecule has 26 heteroatoms. The van der Waals surface area contributed by atoms with Gasteiger partial charge in [-0.3, -0.25) is 39.5 Å². The third-order valence-electron chi connectivity index (χ3n) is 10.7. The maximum absolute atomic E-state index is 12.9. The van der Waals surface area contributed by atoms with Crippen molar-refractivity contribution in [3.63, 3.8) is 0 Å². The summed E-state index contributed by atoms with van der Waals surface area (Å²) in [6.45, 7) is 4.02. The number of thiazole rings is 1. The number of β-lactam (4-membered cyclic amide) rings is 1. The highest BCUT2D eigenvalue weighted by atomic mass is 32.3. The Balaban J connectivity index is 0.000000200. The number of hydrazine groups is 1. The molecule has 0 radical (unpaired) electrons. The summed E-state index contributed by atoms with van der Waals surface area (Å²) in [6.07, 6.45) is 4.40. The molecule has 0 aromatic carbocycles. The number of likely N-dealkylation sites (tertiary alicyclic amines) is 1. The second-order valence-corrected chi connectivity index (χ2v) is 17.8. The van der Waals surface area contributed by atoms with Crippen LogP contribution < -0.4 is 32.3 Å². The monoisotopic (exact) mass is 871 g/mol. The van der Waals surface area contributed by atoms with Gasteiger partial charge in [0.05, 0.1) is 43.8 Å². The summed E-state index contributed by atoms with van der Waals surface area (Å²) in [5.74, 6) is -3.16. The number of amides is 6. The van der Waals surface area contributed by atoms with Crippen molar-refractivity contribution in [3.05, 3.63) is 22.3 Å². The molecule has 0 unspecified atom stereocenters. The fraction of sp³-hybridized carbons (Fsp3) is 0.625. The molecule has 5 fully saturated rings. The summed E-state index contributed by atoms with van der Waals surface area (Å²) >= 11 is 2.57. The maximum Gasteiger partial charge on any atom is 0.418 e. The van der Waals surface area contributed by atoms with Crippen LogP contribution in [0.2, 0.25) is 0 Å². The molecule has 0 saturated carbocycles. The molecule has 7 rings (SSSR count). The highest BCUT2D eigenvalue weighted by molar-refractivity contribution is 8.00. The lowest BCUT2D eigenvalue weighted by atomic mass is 9.99. The Kier molecular flexibility index (Phi) is 13.1. The lowest BCUT2D eigenvalue weighted by Gasteiger charge is -2.51. The number of hydrogen-bond donors (Lipinski definition) is 6. The van der Waals surface area contributed by atoms with Crippen molar-refractivity contribution in [3.8, 4) is 0 Å². The number of nitrogens with zero attached hydrogens (tertiary/aromatic N) is 6. The molecule has 7 N–H and O–H groups in total. The molecule has 2 bridgehead atoms. The molecule has 6 aliphatic heterocycles. The van der Waals surface area contributed by atoms with Gasteiger partial charge in [-0.25, -0.2) is 9.78 Å². The Morgan fingerprint density at radius 3 is 2.48 bits per heavy atom. The molecular formula is C32H45N11O12S3. The van der Waals surface area contributed by atoms with E-state index >= 15 is 0 Å². The van der Waals surface area contributed by atoms with Crippen LogP contribution in [-0.4, -0.2) is 161 Å². The summed E-state index contributed by atoms with van der Waals surface area (Å²) in [6, 6.07) is -3.15. The van der Waals surface area contributed by atoms with E-state index in [1.54, 1.807) is 5.38 Å². The van der Waals surface area contributed by atoms with E-state index in [1.807, 2.05) is 0 Å². The number of quaternary nitrogens is 1. The van der Waals surface area contributed by atoms with Crippen molar-refractivity contribution >= 4 is 80.0 Å². The summed E-state index contributed by atoms with van der Waals surface area (Å²) in [5.41, 5.74) is 11.1. The summed E-state index contributed by atoms with van der Waals surface area (Å²) in [5, 5.41) is 23.3. The lowest BCUT2D eigenvalue weighted by molar-refractivity contribution is -0.893. The van der Waals surface area contributed by atoms with Gasteiger partial charge in [-0.1, -0.05) is 5.16 Å². The Hall–Kier alpha value is -4.60. The van der Waals surface area contributed by atoms with E-state index in [1.165, 1.54) is 23.8 Å².